The highest BCUT2D eigenvalue weighted by Crippen LogP contribution is 2.46. The fraction of sp³-hybridized carbons (Fsp3) is 0. The van der Waals surface area contributed by atoms with Crippen LogP contribution in [0.4, 0.5) is 0 Å². The Morgan fingerprint density at radius 3 is 1.92 bits per heavy atom. The van der Waals surface area contributed by atoms with Crippen molar-refractivity contribution in [2.75, 3.05) is 0 Å². The zero-order valence-corrected chi connectivity index (χ0v) is 28.7. The Morgan fingerprint density at radius 1 is 0.404 bits per heavy atom. The van der Waals surface area contributed by atoms with Crippen molar-refractivity contribution >= 4 is 97.1 Å². The van der Waals surface area contributed by atoms with Crippen LogP contribution in [0.2, 0.25) is 0 Å². The summed E-state index contributed by atoms with van der Waals surface area (Å²) in [6, 6.07) is 61.6. The number of fused-ring (bicyclic) bond motifs is 13. The van der Waals surface area contributed by atoms with Gasteiger partial charge in [0.15, 0.2) is 5.58 Å². The molecule has 0 aliphatic carbocycles. The molecule has 4 aromatic heterocycles. The van der Waals surface area contributed by atoms with Gasteiger partial charge in [0, 0.05) is 58.2 Å². The highest BCUT2D eigenvalue weighted by Gasteiger charge is 2.22. The quantitative estimate of drug-likeness (QED) is 0.182. The SMILES string of the molecule is c1ccc(-c2ccc3sc4c(ccc5c4c4cc(-n6c7ccccc7c7ccccc76)ccc4n5-c4cccc5c4oc4ccccc45)c3c2)cc1. The van der Waals surface area contributed by atoms with Gasteiger partial charge in [0.1, 0.15) is 5.58 Å². The predicted octanol–water partition coefficient (Wildman–Crippen LogP) is 13.8. The summed E-state index contributed by atoms with van der Waals surface area (Å²) < 4.78 is 14.1. The van der Waals surface area contributed by atoms with Gasteiger partial charge in [-0.25, -0.2) is 0 Å². The molecule has 0 aliphatic heterocycles. The number of rotatable bonds is 3. The Morgan fingerprint density at radius 2 is 1.10 bits per heavy atom. The second-order valence-corrected chi connectivity index (χ2v) is 14.7. The molecule has 4 heteroatoms. The van der Waals surface area contributed by atoms with Crippen LogP contribution in [-0.4, -0.2) is 9.13 Å². The predicted molar refractivity (Wildman–Crippen MR) is 221 cm³/mol. The molecule has 0 saturated heterocycles. The summed E-state index contributed by atoms with van der Waals surface area (Å²) in [5.41, 5.74) is 11.2. The average molecular weight is 681 g/mol. The Hall–Kier alpha value is -6.62. The summed E-state index contributed by atoms with van der Waals surface area (Å²) in [6.07, 6.45) is 0. The highest BCUT2D eigenvalue weighted by molar-refractivity contribution is 7.26. The smallest absolute Gasteiger partial charge is 0.159 e. The highest BCUT2D eigenvalue weighted by atomic mass is 32.1. The zero-order chi connectivity index (χ0) is 33.9. The lowest BCUT2D eigenvalue weighted by atomic mass is 10.0. The van der Waals surface area contributed by atoms with Crippen LogP contribution in [0, 0.1) is 0 Å². The molecule has 242 valence electrons. The van der Waals surface area contributed by atoms with E-state index in [9.17, 15) is 0 Å². The van der Waals surface area contributed by atoms with Crippen LogP contribution in [0.15, 0.2) is 174 Å². The summed E-state index contributed by atoms with van der Waals surface area (Å²) in [6.45, 7) is 0. The maximum absolute atomic E-state index is 6.65. The van der Waals surface area contributed by atoms with Gasteiger partial charge in [-0.15, -0.1) is 11.3 Å². The maximum atomic E-state index is 6.65. The van der Waals surface area contributed by atoms with E-state index in [2.05, 4.69) is 173 Å². The molecule has 0 saturated carbocycles. The molecular weight excluding hydrogens is 653 g/mol. The Balaban J connectivity index is 1.21. The summed E-state index contributed by atoms with van der Waals surface area (Å²) >= 11 is 1.89. The number of aromatic nitrogens is 2. The van der Waals surface area contributed by atoms with E-state index >= 15 is 0 Å². The molecule has 0 unspecified atom stereocenters. The molecule has 3 nitrogen and oxygen atoms in total. The van der Waals surface area contributed by atoms with E-state index in [1.165, 1.54) is 69.4 Å². The van der Waals surface area contributed by atoms with Crippen LogP contribution in [0.1, 0.15) is 0 Å². The third-order valence-electron chi connectivity index (χ3n) is 10.9. The minimum absolute atomic E-state index is 0.901. The standard InChI is InChI=1S/C48H28N2OS/c1-2-11-29(12-3-1)30-21-26-45-37(27-30)36-23-25-42-46(48(36)52-45)38-28-31(49-39-17-7-4-13-32(39)33-14-5-8-18-40(33)49)22-24-41(38)50(42)43-19-10-16-35-34-15-6-9-20-44(34)51-47(35)43/h1-28H. The van der Waals surface area contributed by atoms with E-state index < -0.39 is 0 Å². The molecule has 4 heterocycles. The zero-order valence-electron chi connectivity index (χ0n) is 27.9. The first-order chi connectivity index (χ1) is 25.8. The summed E-state index contributed by atoms with van der Waals surface area (Å²) in [5, 5.41) is 9.86. The van der Waals surface area contributed by atoms with Crippen molar-refractivity contribution in [1.82, 2.24) is 9.13 Å². The monoisotopic (exact) mass is 680 g/mol. The molecule has 12 aromatic rings. The van der Waals surface area contributed by atoms with Crippen LogP contribution < -0.4 is 0 Å². The summed E-state index contributed by atoms with van der Waals surface area (Å²) in [5.74, 6) is 0. The second-order valence-electron chi connectivity index (χ2n) is 13.7. The van der Waals surface area contributed by atoms with Crippen LogP contribution in [0.3, 0.4) is 0 Å². The van der Waals surface area contributed by atoms with Gasteiger partial charge in [-0.05, 0) is 71.8 Å². The third-order valence-corrected chi connectivity index (χ3v) is 12.1. The van der Waals surface area contributed by atoms with E-state index in [4.69, 9.17) is 4.42 Å². The van der Waals surface area contributed by atoms with Gasteiger partial charge >= 0.3 is 0 Å². The molecule has 12 rings (SSSR count). The first kappa shape index (κ1) is 28.1. The first-order valence-electron chi connectivity index (χ1n) is 17.7. The van der Waals surface area contributed by atoms with E-state index in [0.29, 0.717) is 0 Å². The molecule has 0 bridgehead atoms. The van der Waals surface area contributed by atoms with Crippen molar-refractivity contribution in [3.63, 3.8) is 0 Å². The van der Waals surface area contributed by atoms with Crippen LogP contribution >= 0.6 is 11.3 Å². The van der Waals surface area contributed by atoms with Gasteiger partial charge in [-0.1, -0.05) is 109 Å². The molecule has 0 amide bonds. The van der Waals surface area contributed by atoms with Crippen molar-refractivity contribution in [3.8, 4) is 22.5 Å². The van der Waals surface area contributed by atoms with Crippen LogP contribution in [0.25, 0.3) is 108 Å². The molecule has 0 radical (unpaired) electrons. The van der Waals surface area contributed by atoms with Gasteiger partial charge in [0.05, 0.1) is 27.8 Å². The van der Waals surface area contributed by atoms with Crippen LogP contribution in [-0.2, 0) is 0 Å². The fourth-order valence-corrected chi connectivity index (χ4v) is 9.88. The topological polar surface area (TPSA) is 23.0 Å². The molecule has 52 heavy (non-hydrogen) atoms. The van der Waals surface area contributed by atoms with Crippen molar-refractivity contribution in [2.24, 2.45) is 0 Å². The largest absolute Gasteiger partial charge is 0.454 e. The van der Waals surface area contributed by atoms with Gasteiger partial charge in [0.2, 0.25) is 0 Å². The molecule has 8 aromatic carbocycles. The number of para-hydroxylation sites is 4. The summed E-state index contributed by atoms with van der Waals surface area (Å²) in [7, 11) is 0. The van der Waals surface area contributed by atoms with Crippen molar-refractivity contribution in [2.45, 2.75) is 0 Å². The Bertz CT molecular complexity index is 3360. The maximum Gasteiger partial charge on any atom is 0.159 e. The van der Waals surface area contributed by atoms with E-state index in [-0.39, 0.29) is 0 Å². The second kappa shape index (κ2) is 10.5. The van der Waals surface area contributed by atoms with E-state index in [1.807, 2.05) is 17.4 Å². The van der Waals surface area contributed by atoms with Gasteiger partial charge in [0.25, 0.3) is 0 Å². The summed E-state index contributed by atoms with van der Waals surface area (Å²) in [4.78, 5) is 0. The van der Waals surface area contributed by atoms with E-state index in [0.717, 1.165) is 38.8 Å². The third kappa shape index (κ3) is 3.79. The molecule has 0 atom stereocenters. The molecule has 0 N–H and O–H groups in total. The lowest BCUT2D eigenvalue weighted by Crippen LogP contribution is -1.96. The van der Waals surface area contributed by atoms with Gasteiger partial charge in [-0.3, -0.25) is 0 Å². The average Bonchev–Trinajstić information content (AvgIpc) is 3.95. The molecule has 0 aliphatic rings. The normalized spacial score (nSPS) is 12.2. The Kier molecular flexibility index (Phi) is 5.65. The van der Waals surface area contributed by atoms with Gasteiger partial charge in [-0.2, -0.15) is 0 Å². The number of benzene rings is 8. The number of nitrogens with zero attached hydrogens (tertiary/aromatic N) is 2. The first-order valence-corrected chi connectivity index (χ1v) is 18.5. The van der Waals surface area contributed by atoms with E-state index in [1.54, 1.807) is 0 Å². The van der Waals surface area contributed by atoms with Crippen molar-refractivity contribution in [1.29, 1.82) is 0 Å². The lowest BCUT2D eigenvalue weighted by Gasteiger charge is -2.10. The minimum Gasteiger partial charge on any atom is -0.454 e. The number of hydrogen-bond donors (Lipinski definition) is 0. The molecule has 0 fully saturated rings. The Labute approximate surface area is 301 Å². The number of furan rings is 1. The minimum atomic E-state index is 0.901. The molecule has 0 spiro atoms. The van der Waals surface area contributed by atoms with Crippen molar-refractivity contribution in [3.05, 3.63) is 170 Å². The lowest BCUT2D eigenvalue weighted by molar-refractivity contribution is 0.666. The van der Waals surface area contributed by atoms with Gasteiger partial charge < -0.3 is 13.6 Å². The number of hydrogen-bond acceptors (Lipinski definition) is 2. The molecular formula is C48H28N2OS. The number of thiophene rings is 1. The fourth-order valence-electron chi connectivity index (χ4n) is 8.64. The van der Waals surface area contributed by atoms with Crippen LogP contribution in [0.5, 0.6) is 0 Å². The van der Waals surface area contributed by atoms with Crippen molar-refractivity contribution < 1.29 is 4.42 Å².